The molecular weight excluding hydrogens is 408 g/mol. The first-order valence-corrected chi connectivity index (χ1v) is 10.8. The van der Waals surface area contributed by atoms with Gasteiger partial charge in [-0.15, -0.1) is 10.2 Å². The minimum atomic E-state index is -0.620. The van der Waals surface area contributed by atoms with Crippen LogP contribution >= 0.6 is 0 Å². The third-order valence-corrected chi connectivity index (χ3v) is 5.51. The van der Waals surface area contributed by atoms with Gasteiger partial charge in [0, 0.05) is 0 Å². The Kier molecular flexibility index (Phi) is 5.01. The van der Waals surface area contributed by atoms with Crippen LogP contribution in [0, 0.1) is 0 Å². The number of benzene rings is 2. The number of carbonyl (C=O) groups excluding carboxylic acids is 1. The van der Waals surface area contributed by atoms with E-state index in [1.165, 1.54) is 0 Å². The van der Waals surface area contributed by atoms with Gasteiger partial charge in [-0.25, -0.2) is 19.6 Å². The van der Waals surface area contributed by atoms with Crippen molar-refractivity contribution in [2.45, 2.75) is 58.0 Å². The molecule has 2 aromatic carbocycles. The second-order valence-electron chi connectivity index (χ2n) is 8.96. The van der Waals surface area contributed by atoms with Crippen LogP contribution < -0.4 is 5.43 Å². The lowest BCUT2D eigenvalue weighted by Gasteiger charge is -2.41. The minimum absolute atomic E-state index is 0.267. The van der Waals surface area contributed by atoms with Gasteiger partial charge in [0.25, 0.3) is 0 Å². The number of nitrogens with one attached hydrogen (secondary N) is 1. The molecule has 1 N–H and O–H groups in total. The Morgan fingerprint density at radius 3 is 1.91 bits per heavy atom. The SMILES string of the molecule is CC(C)(C)OC(=O)NN1C(n2nnc3ccccc32)CCCC1n1nnc2ccccc21. The van der Waals surface area contributed by atoms with Gasteiger partial charge in [-0.05, 0) is 64.3 Å². The Hall–Kier alpha value is -3.53. The maximum absolute atomic E-state index is 12.8. The minimum Gasteiger partial charge on any atom is -0.443 e. The number of hydrogen-bond acceptors (Lipinski definition) is 7. The average Bonchev–Trinajstić information content (AvgIpc) is 3.37. The predicted octanol–water partition coefficient (Wildman–Crippen LogP) is 3.80. The van der Waals surface area contributed by atoms with E-state index in [4.69, 9.17) is 4.74 Å². The molecular formula is C22H26N8O2. The topological polar surface area (TPSA) is 103 Å². The molecule has 0 aliphatic carbocycles. The number of hydrogen-bond donors (Lipinski definition) is 1. The van der Waals surface area contributed by atoms with Crippen LogP contribution in [0.1, 0.15) is 52.4 Å². The molecule has 5 rings (SSSR count). The molecule has 2 aromatic heterocycles. The van der Waals surface area contributed by atoms with Crippen LogP contribution in [0.4, 0.5) is 4.79 Å². The van der Waals surface area contributed by atoms with E-state index in [1.807, 2.05) is 83.7 Å². The maximum Gasteiger partial charge on any atom is 0.422 e. The summed E-state index contributed by atoms with van der Waals surface area (Å²) >= 11 is 0. The van der Waals surface area contributed by atoms with Crippen molar-refractivity contribution in [1.82, 2.24) is 40.4 Å². The van der Waals surface area contributed by atoms with Crippen LogP contribution in [0.25, 0.3) is 22.1 Å². The highest BCUT2D eigenvalue weighted by Gasteiger charge is 2.37. The molecule has 1 aliphatic rings. The summed E-state index contributed by atoms with van der Waals surface area (Å²) in [5.41, 5.74) is 5.76. The highest BCUT2D eigenvalue weighted by Crippen LogP contribution is 2.36. The Balaban J connectivity index is 1.57. The van der Waals surface area contributed by atoms with Crippen molar-refractivity contribution in [3.05, 3.63) is 48.5 Å². The van der Waals surface area contributed by atoms with Gasteiger partial charge >= 0.3 is 6.09 Å². The van der Waals surface area contributed by atoms with Crippen molar-refractivity contribution < 1.29 is 9.53 Å². The monoisotopic (exact) mass is 434 g/mol. The third-order valence-electron chi connectivity index (χ3n) is 5.51. The number of rotatable bonds is 3. The zero-order chi connectivity index (χ0) is 22.3. The standard InChI is InChI=1S/C22H26N8O2/c1-22(2,3)32-21(31)25-30-19(28-17-11-6-4-9-15(17)23-26-28)13-8-14-20(30)29-18-12-7-5-10-16(18)24-27-29/h4-7,9-12,19-20H,8,13-14H2,1-3H3,(H,25,31). The quantitative estimate of drug-likeness (QED) is 0.523. The fourth-order valence-corrected chi connectivity index (χ4v) is 4.21. The summed E-state index contributed by atoms with van der Waals surface area (Å²) in [6.45, 7) is 5.52. The molecule has 0 spiro atoms. The summed E-state index contributed by atoms with van der Waals surface area (Å²) < 4.78 is 9.28. The average molecular weight is 435 g/mol. The summed E-state index contributed by atoms with van der Waals surface area (Å²) in [7, 11) is 0. The zero-order valence-electron chi connectivity index (χ0n) is 18.3. The van der Waals surface area contributed by atoms with Crippen LogP contribution in [0.15, 0.2) is 48.5 Å². The number of fused-ring (bicyclic) bond motifs is 2. The first-order valence-electron chi connectivity index (χ1n) is 10.8. The molecule has 10 heteroatoms. The molecule has 0 bridgehead atoms. The van der Waals surface area contributed by atoms with E-state index < -0.39 is 11.7 Å². The number of ether oxygens (including phenoxy) is 1. The molecule has 32 heavy (non-hydrogen) atoms. The fourth-order valence-electron chi connectivity index (χ4n) is 4.21. The lowest BCUT2D eigenvalue weighted by molar-refractivity contribution is -0.0570. The summed E-state index contributed by atoms with van der Waals surface area (Å²) in [6, 6.07) is 15.6. The van der Waals surface area contributed by atoms with E-state index >= 15 is 0 Å². The van der Waals surface area contributed by atoms with Gasteiger partial charge in [0.15, 0.2) is 0 Å². The first-order chi connectivity index (χ1) is 15.4. The van der Waals surface area contributed by atoms with E-state index in [9.17, 15) is 4.79 Å². The van der Waals surface area contributed by atoms with Gasteiger partial charge in [0.2, 0.25) is 0 Å². The number of hydrazine groups is 1. The van der Waals surface area contributed by atoms with Gasteiger partial charge in [0.1, 0.15) is 29.0 Å². The van der Waals surface area contributed by atoms with Crippen molar-refractivity contribution in [2.75, 3.05) is 0 Å². The summed E-state index contributed by atoms with van der Waals surface area (Å²) in [5.74, 6) is 0. The van der Waals surface area contributed by atoms with E-state index in [2.05, 4.69) is 26.0 Å². The molecule has 2 unspecified atom stereocenters. The van der Waals surface area contributed by atoms with Crippen LogP contribution in [0.5, 0.6) is 0 Å². The van der Waals surface area contributed by atoms with E-state index in [0.29, 0.717) is 0 Å². The summed E-state index contributed by atoms with van der Waals surface area (Å²) in [6.07, 6.45) is 1.43. The Bertz CT molecular complexity index is 1180. The zero-order valence-corrected chi connectivity index (χ0v) is 18.3. The summed E-state index contributed by atoms with van der Waals surface area (Å²) in [5, 5.41) is 19.3. The fraction of sp³-hybridized carbons (Fsp3) is 0.409. The van der Waals surface area contributed by atoms with Crippen molar-refractivity contribution >= 4 is 28.2 Å². The number of aromatic nitrogens is 6. The second kappa shape index (κ2) is 7.86. The summed E-state index contributed by atoms with van der Waals surface area (Å²) in [4.78, 5) is 12.8. The molecule has 2 atom stereocenters. The molecule has 0 radical (unpaired) electrons. The van der Waals surface area contributed by atoms with Gasteiger partial charge < -0.3 is 4.74 Å². The molecule has 1 fully saturated rings. The van der Waals surface area contributed by atoms with E-state index in [-0.39, 0.29) is 12.3 Å². The first kappa shape index (κ1) is 20.4. The lowest BCUT2D eigenvalue weighted by Crippen LogP contribution is -2.53. The molecule has 4 aromatic rings. The van der Waals surface area contributed by atoms with Crippen LogP contribution in [-0.2, 0) is 4.74 Å². The largest absolute Gasteiger partial charge is 0.443 e. The highest BCUT2D eigenvalue weighted by molar-refractivity contribution is 5.75. The van der Waals surface area contributed by atoms with E-state index in [1.54, 1.807) is 0 Å². The van der Waals surface area contributed by atoms with Gasteiger partial charge in [-0.3, -0.25) is 0 Å². The van der Waals surface area contributed by atoms with Crippen molar-refractivity contribution in [3.8, 4) is 0 Å². The van der Waals surface area contributed by atoms with Gasteiger partial charge in [-0.2, -0.15) is 5.01 Å². The molecule has 166 valence electrons. The van der Waals surface area contributed by atoms with Crippen molar-refractivity contribution in [2.24, 2.45) is 0 Å². The van der Waals surface area contributed by atoms with Crippen LogP contribution in [0.2, 0.25) is 0 Å². The molecule has 1 aliphatic heterocycles. The molecule has 10 nitrogen and oxygen atoms in total. The third kappa shape index (κ3) is 3.77. The van der Waals surface area contributed by atoms with Crippen LogP contribution in [-0.4, -0.2) is 46.7 Å². The molecule has 1 amide bonds. The normalized spacial score (nSPS) is 20.0. The number of carbonyl (C=O) groups is 1. The van der Waals surface area contributed by atoms with Gasteiger partial charge in [-0.1, -0.05) is 34.7 Å². The number of piperidine rings is 1. The Morgan fingerprint density at radius 1 is 0.906 bits per heavy atom. The lowest BCUT2D eigenvalue weighted by atomic mass is 10.1. The molecule has 3 heterocycles. The smallest absolute Gasteiger partial charge is 0.422 e. The van der Waals surface area contributed by atoms with Crippen molar-refractivity contribution in [1.29, 1.82) is 0 Å². The van der Waals surface area contributed by atoms with E-state index in [0.717, 1.165) is 41.3 Å². The highest BCUT2D eigenvalue weighted by atomic mass is 16.6. The second-order valence-corrected chi connectivity index (χ2v) is 8.96. The number of amides is 1. The van der Waals surface area contributed by atoms with Crippen LogP contribution in [0.3, 0.4) is 0 Å². The van der Waals surface area contributed by atoms with Crippen molar-refractivity contribution in [3.63, 3.8) is 0 Å². The maximum atomic E-state index is 12.8. The molecule has 1 saturated heterocycles. The predicted molar refractivity (Wildman–Crippen MR) is 118 cm³/mol. The number of para-hydroxylation sites is 2. The number of nitrogens with zero attached hydrogens (tertiary/aromatic N) is 7. The Labute approximate surface area is 185 Å². The van der Waals surface area contributed by atoms with Gasteiger partial charge in [0.05, 0.1) is 11.0 Å². The Morgan fingerprint density at radius 2 is 1.41 bits per heavy atom. The molecule has 0 saturated carbocycles.